The Morgan fingerprint density at radius 3 is 2.64 bits per heavy atom. The maximum atomic E-state index is 12.6. The fraction of sp³-hybridized carbons (Fsp3) is 0.118. The molecule has 25 heavy (non-hydrogen) atoms. The molecule has 3 rings (SSSR count). The number of carbonyl (C=O) groups is 2. The van der Waals surface area contributed by atoms with Gasteiger partial charge in [0.05, 0.1) is 11.4 Å². The molecule has 0 bridgehead atoms. The van der Waals surface area contributed by atoms with Gasteiger partial charge in [-0.25, -0.2) is 9.89 Å². The maximum Gasteiger partial charge on any atom is 0.247 e. The Balaban J connectivity index is 1.75. The zero-order valence-electron chi connectivity index (χ0n) is 12.9. The van der Waals surface area contributed by atoms with Crippen molar-refractivity contribution in [3.8, 4) is 0 Å². The van der Waals surface area contributed by atoms with E-state index in [4.69, 9.17) is 17.3 Å². The molecule has 1 heterocycles. The van der Waals surface area contributed by atoms with Crippen molar-refractivity contribution in [3.05, 3.63) is 58.0 Å². The highest BCUT2D eigenvalue weighted by Gasteiger charge is 2.40. The standard InChI is InChI=1S/C17H13BrClN3O2S/c18-10-4-6-12(7-5-10)21-17(20)25-14-9-15(23)22(16(14)24)13-3-1-2-11(19)8-13/h1-8,14H,9H2,(H2,20,21)/t14-/m1/s1. The fourth-order valence-corrected chi connectivity index (χ4v) is 3.73. The minimum atomic E-state index is -0.592. The third-order valence-corrected chi connectivity index (χ3v) is 5.25. The number of halogens is 2. The van der Waals surface area contributed by atoms with Gasteiger partial charge in [-0.05, 0) is 42.5 Å². The molecule has 1 aliphatic heterocycles. The molecule has 0 aromatic heterocycles. The average molecular weight is 439 g/mol. The lowest BCUT2D eigenvalue weighted by Gasteiger charge is -2.15. The van der Waals surface area contributed by atoms with Crippen LogP contribution in [0, 0.1) is 0 Å². The van der Waals surface area contributed by atoms with Gasteiger partial charge in [0.15, 0.2) is 5.17 Å². The van der Waals surface area contributed by atoms with Crippen molar-refractivity contribution in [1.82, 2.24) is 0 Å². The number of nitrogens with two attached hydrogens (primary N) is 1. The third-order valence-electron chi connectivity index (χ3n) is 3.50. The minimum absolute atomic E-state index is 0.0760. The van der Waals surface area contributed by atoms with E-state index in [-0.39, 0.29) is 23.4 Å². The number of imide groups is 1. The molecule has 0 spiro atoms. The van der Waals surface area contributed by atoms with Crippen LogP contribution in [0.4, 0.5) is 11.4 Å². The SMILES string of the molecule is NC(=Nc1ccc(Br)cc1)S[C@@H]1CC(=O)N(c2cccc(Cl)c2)C1=O. The van der Waals surface area contributed by atoms with E-state index in [1.54, 1.807) is 36.4 Å². The van der Waals surface area contributed by atoms with E-state index in [9.17, 15) is 9.59 Å². The molecule has 1 atom stereocenters. The van der Waals surface area contributed by atoms with Gasteiger partial charge in [0.1, 0.15) is 5.25 Å². The molecule has 2 amide bonds. The summed E-state index contributed by atoms with van der Waals surface area (Å²) in [7, 11) is 0. The third kappa shape index (κ3) is 4.23. The van der Waals surface area contributed by atoms with Gasteiger partial charge < -0.3 is 5.73 Å². The second-order valence-electron chi connectivity index (χ2n) is 5.28. The van der Waals surface area contributed by atoms with Crippen LogP contribution in [0.3, 0.4) is 0 Å². The summed E-state index contributed by atoms with van der Waals surface area (Å²) in [5, 5.41) is 0.109. The Morgan fingerprint density at radius 1 is 1.24 bits per heavy atom. The summed E-state index contributed by atoms with van der Waals surface area (Å²) in [5.74, 6) is -0.590. The van der Waals surface area contributed by atoms with Crippen LogP contribution in [0.1, 0.15) is 6.42 Å². The first kappa shape index (κ1) is 18.0. The molecule has 2 aromatic carbocycles. The van der Waals surface area contributed by atoms with Gasteiger partial charge in [0, 0.05) is 15.9 Å². The number of nitrogens with zero attached hydrogens (tertiary/aromatic N) is 2. The molecule has 5 nitrogen and oxygen atoms in total. The van der Waals surface area contributed by atoms with Gasteiger partial charge in [-0.1, -0.05) is 45.4 Å². The zero-order chi connectivity index (χ0) is 18.0. The van der Waals surface area contributed by atoms with E-state index >= 15 is 0 Å². The van der Waals surface area contributed by atoms with Gasteiger partial charge in [-0.2, -0.15) is 0 Å². The van der Waals surface area contributed by atoms with Crippen LogP contribution in [-0.2, 0) is 9.59 Å². The smallest absolute Gasteiger partial charge is 0.247 e. The van der Waals surface area contributed by atoms with Gasteiger partial charge in [-0.15, -0.1) is 0 Å². The van der Waals surface area contributed by atoms with E-state index in [0.29, 0.717) is 16.4 Å². The first-order valence-electron chi connectivity index (χ1n) is 7.33. The highest BCUT2D eigenvalue weighted by atomic mass is 79.9. The number of benzene rings is 2. The highest BCUT2D eigenvalue weighted by Crippen LogP contribution is 2.31. The Hall–Kier alpha value is -1.83. The van der Waals surface area contributed by atoms with Crippen molar-refractivity contribution < 1.29 is 9.59 Å². The maximum absolute atomic E-state index is 12.6. The van der Waals surface area contributed by atoms with Crippen molar-refractivity contribution >= 4 is 67.6 Å². The molecule has 2 aromatic rings. The van der Waals surface area contributed by atoms with Crippen LogP contribution in [0.2, 0.25) is 5.02 Å². The molecule has 0 unspecified atom stereocenters. The number of rotatable bonds is 3. The van der Waals surface area contributed by atoms with Crippen LogP contribution < -0.4 is 10.6 Å². The molecule has 0 aliphatic carbocycles. The van der Waals surface area contributed by atoms with Gasteiger partial charge in [0.2, 0.25) is 11.8 Å². The number of amides is 2. The van der Waals surface area contributed by atoms with Crippen LogP contribution in [0.5, 0.6) is 0 Å². The predicted molar refractivity (Wildman–Crippen MR) is 105 cm³/mol. The van der Waals surface area contributed by atoms with E-state index < -0.39 is 5.25 Å². The molecular weight excluding hydrogens is 426 g/mol. The van der Waals surface area contributed by atoms with Crippen molar-refractivity contribution in [1.29, 1.82) is 0 Å². The molecule has 1 aliphatic rings. The summed E-state index contributed by atoms with van der Waals surface area (Å²) < 4.78 is 0.936. The number of amidine groups is 1. The van der Waals surface area contributed by atoms with Crippen molar-refractivity contribution in [3.63, 3.8) is 0 Å². The molecule has 1 fully saturated rings. The first-order valence-corrected chi connectivity index (χ1v) is 9.38. The van der Waals surface area contributed by atoms with Crippen molar-refractivity contribution in [2.75, 3.05) is 4.90 Å². The minimum Gasteiger partial charge on any atom is -0.378 e. The van der Waals surface area contributed by atoms with E-state index in [1.165, 1.54) is 0 Å². The predicted octanol–water partition coefficient (Wildman–Crippen LogP) is 4.11. The topological polar surface area (TPSA) is 75.8 Å². The van der Waals surface area contributed by atoms with Crippen LogP contribution in [0.25, 0.3) is 0 Å². The van der Waals surface area contributed by atoms with Crippen LogP contribution in [0.15, 0.2) is 58.0 Å². The van der Waals surface area contributed by atoms with Crippen LogP contribution >= 0.6 is 39.3 Å². The monoisotopic (exact) mass is 437 g/mol. The summed E-state index contributed by atoms with van der Waals surface area (Å²) in [6, 6.07) is 13.9. The lowest BCUT2D eigenvalue weighted by atomic mass is 10.3. The number of aliphatic imine (C=N–C) groups is 1. The Labute approximate surface area is 162 Å². The van der Waals surface area contributed by atoms with Crippen LogP contribution in [-0.4, -0.2) is 22.2 Å². The lowest BCUT2D eigenvalue weighted by Crippen LogP contribution is -2.31. The normalized spacial score (nSPS) is 18.1. The number of anilines is 1. The van der Waals surface area contributed by atoms with Gasteiger partial charge in [-0.3, -0.25) is 9.59 Å². The molecule has 8 heteroatoms. The first-order chi connectivity index (χ1) is 11.9. The summed E-state index contributed by atoms with van der Waals surface area (Å²) in [5.41, 5.74) is 7.08. The van der Waals surface area contributed by atoms with E-state index in [2.05, 4.69) is 20.9 Å². The second kappa shape index (κ2) is 7.59. The van der Waals surface area contributed by atoms with Crippen molar-refractivity contribution in [2.45, 2.75) is 11.7 Å². The number of hydrogen-bond donors (Lipinski definition) is 1. The summed E-state index contributed by atoms with van der Waals surface area (Å²) in [6.45, 7) is 0. The fourth-order valence-electron chi connectivity index (χ4n) is 2.40. The molecule has 128 valence electrons. The van der Waals surface area contributed by atoms with Crippen molar-refractivity contribution in [2.24, 2.45) is 10.7 Å². The molecule has 2 N–H and O–H groups in total. The lowest BCUT2D eigenvalue weighted by molar-refractivity contribution is -0.121. The molecular formula is C17H13BrClN3O2S. The molecule has 0 saturated carbocycles. The largest absolute Gasteiger partial charge is 0.378 e. The number of carbonyl (C=O) groups excluding carboxylic acids is 2. The van der Waals surface area contributed by atoms with Gasteiger partial charge >= 0.3 is 0 Å². The van der Waals surface area contributed by atoms with Gasteiger partial charge in [0.25, 0.3) is 0 Å². The average Bonchev–Trinajstić information content (AvgIpc) is 2.83. The summed E-state index contributed by atoms with van der Waals surface area (Å²) in [4.78, 5) is 30.2. The number of hydrogen-bond acceptors (Lipinski definition) is 4. The van der Waals surface area contributed by atoms with E-state index in [0.717, 1.165) is 21.1 Å². The Bertz CT molecular complexity index is 857. The number of thioether (sulfide) groups is 1. The zero-order valence-corrected chi connectivity index (χ0v) is 16.0. The molecule has 1 saturated heterocycles. The molecule has 0 radical (unpaired) electrons. The summed E-state index contributed by atoms with van der Waals surface area (Å²) in [6.07, 6.45) is 0.0760. The summed E-state index contributed by atoms with van der Waals surface area (Å²) >= 11 is 10.4. The highest BCUT2D eigenvalue weighted by molar-refractivity contribution is 9.10. The Morgan fingerprint density at radius 2 is 1.96 bits per heavy atom. The van der Waals surface area contributed by atoms with E-state index in [1.807, 2.05) is 12.1 Å². The quantitative estimate of drug-likeness (QED) is 0.444. The second-order valence-corrected chi connectivity index (χ2v) is 7.86. The Kier molecular flexibility index (Phi) is 5.46.